The maximum atomic E-state index is 14.0. The number of carbonyl (C=O) groups excluding carboxylic acids is 1. The van der Waals surface area contributed by atoms with Gasteiger partial charge in [-0.15, -0.1) is 0 Å². The number of carbonyl (C=O) groups is 2. The number of carboxylic acid groups (broad SMARTS) is 1. The third-order valence-corrected chi connectivity index (χ3v) is 5.61. The minimum absolute atomic E-state index is 0.00137. The molecule has 0 saturated heterocycles. The molecule has 1 saturated carbocycles. The van der Waals surface area contributed by atoms with Gasteiger partial charge in [0.15, 0.2) is 0 Å². The van der Waals surface area contributed by atoms with Gasteiger partial charge in [-0.05, 0) is 61.6 Å². The number of benzene rings is 1. The predicted molar refractivity (Wildman–Crippen MR) is 91.7 cm³/mol. The number of hydrogen-bond donors (Lipinski definition) is 3. The van der Waals surface area contributed by atoms with Crippen LogP contribution in [0, 0.1) is 17.7 Å². The molecule has 0 heterocycles. The first kappa shape index (κ1) is 17.7. The van der Waals surface area contributed by atoms with Crippen molar-refractivity contribution in [3.63, 3.8) is 0 Å². The van der Waals surface area contributed by atoms with Crippen LogP contribution in [0.3, 0.4) is 0 Å². The zero-order valence-electron chi connectivity index (χ0n) is 14.4. The smallest absolute Gasteiger partial charge is 0.315 e. The first-order valence-corrected chi connectivity index (χ1v) is 9.03. The molecule has 2 aliphatic rings. The van der Waals surface area contributed by atoms with Crippen molar-refractivity contribution in [3.05, 3.63) is 35.1 Å². The van der Waals surface area contributed by atoms with Crippen molar-refractivity contribution < 1.29 is 19.1 Å². The van der Waals surface area contributed by atoms with E-state index in [0.29, 0.717) is 37.7 Å². The quantitative estimate of drug-likeness (QED) is 0.783. The summed E-state index contributed by atoms with van der Waals surface area (Å²) >= 11 is 0. The van der Waals surface area contributed by atoms with Crippen LogP contribution in [0.5, 0.6) is 0 Å². The molecule has 3 rings (SSSR count). The van der Waals surface area contributed by atoms with Gasteiger partial charge in [-0.2, -0.15) is 0 Å². The standard InChI is InChI=1S/C19H25FN2O3/c1-11-5-10-14-15(3-2-4-16(14)20)17(11)22-19(25)21-13-8-6-12(7-9-13)18(23)24/h2-4,11-13,17H,5-10H2,1H3,(H,23,24)(H2,21,22,25). The summed E-state index contributed by atoms with van der Waals surface area (Å²) in [5.74, 6) is -1.02. The molecule has 2 unspecified atom stereocenters. The van der Waals surface area contributed by atoms with E-state index in [9.17, 15) is 14.0 Å². The second kappa shape index (κ2) is 7.42. The largest absolute Gasteiger partial charge is 0.481 e. The van der Waals surface area contributed by atoms with Gasteiger partial charge in [-0.25, -0.2) is 9.18 Å². The van der Waals surface area contributed by atoms with Crippen molar-refractivity contribution in [2.24, 2.45) is 11.8 Å². The SMILES string of the molecule is CC1CCc2c(F)cccc2C1NC(=O)NC1CCC(C(=O)O)CC1. The molecule has 136 valence electrons. The Hall–Kier alpha value is -2.11. The van der Waals surface area contributed by atoms with Crippen molar-refractivity contribution in [2.75, 3.05) is 0 Å². The van der Waals surface area contributed by atoms with Gasteiger partial charge in [0.1, 0.15) is 5.82 Å². The van der Waals surface area contributed by atoms with Crippen LogP contribution in [0.1, 0.15) is 56.2 Å². The van der Waals surface area contributed by atoms with Gasteiger partial charge in [-0.1, -0.05) is 19.1 Å². The van der Waals surface area contributed by atoms with Crippen LogP contribution >= 0.6 is 0 Å². The Morgan fingerprint density at radius 3 is 2.52 bits per heavy atom. The summed E-state index contributed by atoms with van der Waals surface area (Å²) in [6.45, 7) is 2.07. The highest BCUT2D eigenvalue weighted by Gasteiger charge is 2.31. The summed E-state index contributed by atoms with van der Waals surface area (Å²) in [5, 5.41) is 15.0. The predicted octanol–water partition coefficient (Wildman–Crippen LogP) is 3.39. The first-order chi connectivity index (χ1) is 12.0. The van der Waals surface area contributed by atoms with Crippen LogP contribution in [-0.4, -0.2) is 23.1 Å². The Morgan fingerprint density at radius 2 is 1.84 bits per heavy atom. The maximum absolute atomic E-state index is 14.0. The fourth-order valence-corrected chi connectivity index (χ4v) is 4.05. The van der Waals surface area contributed by atoms with Gasteiger partial charge < -0.3 is 15.7 Å². The molecular formula is C19H25FN2O3. The van der Waals surface area contributed by atoms with Crippen LogP contribution in [0.15, 0.2) is 18.2 Å². The highest BCUT2D eigenvalue weighted by Crippen LogP contribution is 2.35. The zero-order valence-corrected chi connectivity index (χ0v) is 14.4. The van der Waals surface area contributed by atoms with E-state index in [1.54, 1.807) is 6.07 Å². The lowest BCUT2D eigenvalue weighted by Gasteiger charge is -2.33. The number of urea groups is 1. The van der Waals surface area contributed by atoms with E-state index in [1.807, 2.05) is 6.07 Å². The first-order valence-electron chi connectivity index (χ1n) is 9.03. The average molecular weight is 348 g/mol. The second-order valence-electron chi connectivity index (χ2n) is 7.31. The molecule has 6 heteroatoms. The molecule has 0 radical (unpaired) electrons. The lowest BCUT2D eigenvalue weighted by Crippen LogP contribution is -2.47. The van der Waals surface area contributed by atoms with Crippen LogP contribution in [-0.2, 0) is 11.2 Å². The molecule has 5 nitrogen and oxygen atoms in total. The zero-order chi connectivity index (χ0) is 18.0. The molecule has 2 amide bonds. The van der Waals surface area contributed by atoms with Crippen molar-refractivity contribution >= 4 is 12.0 Å². The van der Waals surface area contributed by atoms with Gasteiger partial charge in [0.25, 0.3) is 0 Å². The fraction of sp³-hybridized carbons (Fsp3) is 0.579. The van der Waals surface area contributed by atoms with Gasteiger partial charge in [-0.3, -0.25) is 4.79 Å². The van der Waals surface area contributed by atoms with Crippen molar-refractivity contribution in [1.29, 1.82) is 0 Å². The molecule has 0 aromatic heterocycles. The van der Waals surface area contributed by atoms with E-state index in [4.69, 9.17) is 5.11 Å². The summed E-state index contributed by atoms with van der Waals surface area (Å²) < 4.78 is 14.0. The minimum atomic E-state index is -0.752. The maximum Gasteiger partial charge on any atom is 0.315 e. The molecule has 2 aliphatic carbocycles. The van der Waals surface area contributed by atoms with Gasteiger partial charge in [0.2, 0.25) is 0 Å². The average Bonchev–Trinajstić information content (AvgIpc) is 2.58. The lowest BCUT2D eigenvalue weighted by molar-refractivity contribution is -0.142. The van der Waals surface area contributed by atoms with E-state index < -0.39 is 5.97 Å². The number of amides is 2. The van der Waals surface area contributed by atoms with Gasteiger partial charge in [0.05, 0.1) is 12.0 Å². The molecule has 0 spiro atoms. The number of nitrogens with one attached hydrogen (secondary N) is 2. The number of aliphatic carboxylic acids is 1. The summed E-state index contributed by atoms with van der Waals surface area (Å²) in [7, 11) is 0. The van der Waals surface area contributed by atoms with Crippen LogP contribution in [0.4, 0.5) is 9.18 Å². The van der Waals surface area contributed by atoms with Crippen LogP contribution < -0.4 is 10.6 Å². The highest BCUT2D eigenvalue weighted by atomic mass is 19.1. The summed E-state index contributed by atoms with van der Waals surface area (Å²) in [6.07, 6.45) is 4.07. The van der Waals surface area contributed by atoms with Gasteiger partial charge in [0, 0.05) is 6.04 Å². The summed E-state index contributed by atoms with van der Waals surface area (Å²) in [4.78, 5) is 23.4. The molecule has 2 atom stereocenters. The topological polar surface area (TPSA) is 78.4 Å². The van der Waals surface area contributed by atoms with Crippen molar-refractivity contribution in [1.82, 2.24) is 10.6 Å². The number of carboxylic acids is 1. The Bertz CT molecular complexity index is 656. The minimum Gasteiger partial charge on any atom is -0.481 e. The van der Waals surface area contributed by atoms with E-state index in [0.717, 1.165) is 12.0 Å². The van der Waals surface area contributed by atoms with Crippen LogP contribution in [0.2, 0.25) is 0 Å². The number of halogens is 1. The highest BCUT2D eigenvalue weighted by molar-refractivity contribution is 5.75. The monoisotopic (exact) mass is 348 g/mol. The van der Waals surface area contributed by atoms with E-state index in [2.05, 4.69) is 17.6 Å². The Balaban J connectivity index is 1.60. The third-order valence-electron chi connectivity index (χ3n) is 5.61. The Morgan fingerprint density at radius 1 is 1.12 bits per heavy atom. The number of fused-ring (bicyclic) bond motifs is 1. The lowest BCUT2D eigenvalue weighted by atomic mass is 9.80. The fourth-order valence-electron chi connectivity index (χ4n) is 4.05. The van der Waals surface area contributed by atoms with E-state index in [-0.39, 0.29) is 35.8 Å². The Labute approximate surface area is 147 Å². The molecular weight excluding hydrogens is 323 g/mol. The van der Waals surface area contributed by atoms with E-state index in [1.165, 1.54) is 6.07 Å². The molecule has 25 heavy (non-hydrogen) atoms. The molecule has 0 aliphatic heterocycles. The molecule has 1 aromatic rings. The summed E-state index contributed by atoms with van der Waals surface area (Å²) in [6, 6.07) is 4.58. The van der Waals surface area contributed by atoms with Crippen LogP contribution in [0.25, 0.3) is 0 Å². The second-order valence-corrected chi connectivity index (χ2v) is 7.31. The number of rotatable bonds is 3. The van der Waals surface area contributed by atoms with Crippen molar-refractivity contribution in [3.8, 4) is 0 Å². The molecule has 0 bridgehead atoms. The molecule has 1 fully saturated rings. The third kappa shape index (κ3) is 3.94. The Kier molecular flexibility index (Phi) is 5.25. The molecule has 1 aromatic carbocycles. The van der Waals surface area contributed by atoms with E-state index >= 15 is 0 Å². The summed E-state index contributed by atoms with van der Waals surface area (Å²) in [5.41, 5.74) is 1.57. The van der Waals surface area contributed by atoms with Gasteiger partial charge >= 0.3 is 12.0 Å². The van der Waals surface area contributed by atoms with Crippen molar-refractivity contribution in [2.45, 2.75) is 57.5 Å². The normalized spacial score (nSPS) is 28.7. The number of hydrogen-bond acceptors (Lipinski definition) is 2. The molecule has 3 N–H and O–H groups in total.